The Morgan fingerprint density at radius 1 is 1.02 bits per heavy atom. The Morgan fingerprint density at radius 3 is 2.26 bits per heavy atom. The second-order valence-corrected chi connectivity index (χ2v) is 9.21. The van der Waals surface area contributed by atoms with Crippen molar-refractivity contribution < 1.29 is 45.0 Å². The molecule has 3 aromatic heterocycles. The zero-order valence-corrected chi connectivity index (χ0v) is 23.3. The molecule has 0 atom stereocenters. The molecule has 5 aromatic rings. The van der Waals surface area contributed by atoms with Gasteiger partial charge in [0.15, 0.2) is 5.82 Å². The number of anilines is 3. The highest BCUT2D eigenvalue weighted by Gasteiger charge is 2.38. The first-order valence-corrected chi connectivity index (χ1v) is 12.7. The molecule has 0 aliphatic heterocycles. The van der Waals surface area contributed by atoms with E-state index >= 15 is 8.78 Å². The number of hydrogen-bond donors (Lipinski definition) is 3. The van der Waals surface area contributed by atoms with E-state index in [9.17, 15) is 31.5 Å². The molecule has 3 heterocycles. The fraction of sp³-hybridized carbons (Fsp3) is 0.148. The van der Waals surface area contributed by atoms with Gasteiger partial charge < -0.3 is 20.1 Å². The Bertz CT molecular complexity index is 1930. The molecule has 0 bridgehead atoms. The number of halogens is 7. The Kier molecular flexibility index (Phi) is 8.40. The van der Waals surface area contributed by atoms with Crippen molar-refractivity contribution in [2.45, 2.75) is 12.8 Å². The molecule has 0 radical (unpaired) electrons. The number of carbonyl (C=O) groups is 1. The number of aromatic amines is 1. The van der Waals surface area contributed by atoms with E-state index in [4.69, 9.17) is 4.74 Å². The smallest absolute Gasteiger partial charge is 0.420 e. The van der Waals surface area contributed by atoms with Crippen LogP contribution in [0, 0.1) is 11.6 Å². The van der Waals surface area contributed by atoms with E-state index in [2.05, 4.69) is 35.5 Å². The predicted molar refractivity (Wildman–Crippen MR) is 146 cm³/mol. The van der Waals surface area contributed by atoms with E-state index in [0.29, 0.717) is 15.4 Å². The summed E-state index contributed by atoms with van der Waals surface area (Å²) in [5.41, 5.74) is -5.45. The van der Waals surface area contributed by atoms with E-state index in [1.165, 1.54) is 0 Å². The number of methoxy groups -OCH3 is 1. The number of nitrogens with one attached hydrogen (secondary N) is 3. The van der Waals surface area contributed by atoms with Crippen molar-refractivity contribution in [3.63, 3.8) is 0 Å². The first-order chi connectivity index (χ1) is 21.8. The van der Waals surface area contributed by atoms with Crippen LogP contribution in [0.5, 0.6) is 11.5 Å². The predicted octanol–water partition coefficient (Wildman–Crippen LogP) is 5.26. The van der Waals surface area contributed by atoms with Gasteiger partial charge in [0.25, 0.3) is 11.5 Å². The summed E-state index contributed by atoms with van der Waals surface area (Å²) in [6.45, 7) is -3.15. The molecule has 2 aromatic carbocycles. The van der Waals surface area contributed by atoms with Crippen LogP contribution < -0.4 is 25.7 Å². The van der Waals surface area contributed by atoms with Gasteiger partial charge >= 0.3 is 12.8 Å². The molecule has 0 fully saturated rings. The largest absolute Gasteiger partial charge is 0.497 e. The summed E-state index contributed by atoms with van der Waals surface area (Å²) in [6.07, 6.45) is -3.98. The van der Waals surface area contributed by atoms with Gasteiger partial charge in [-0.05, 0) is 36.4 Å². The molecule has 0 aliphatic rings. The van der Waals surface area contributed by atoms with Gasteiger partial charge in [0.05, 0.1) is 12.7 Å². The third-order valence-corrected chi connectivity index (χ3v) is 6.38. The summed E-state index contributed by atoms with van der Waals surface area (Å²) in [6, 6.07) is 7.19. The summed E-state index contributed by atoms with van der Waals surface area (Å²) in [4.78, 5) is 34.8. The van der Waals surface area contributed by atoms with Crippen LogP contribution in [0.3, 0.4) is 0 Å². The van der Waals surface area contributed by atoms with Crippen LogP contribution in [-0.4, -0.2) is 49.2 Å². The second-order valence-electron chi connectivity index (χ2n) is 9.21. The molecule has 3 N–H and O–H groups in total. The highest BCUT2D eigenvalue weighted by Crippen LogP contribution is 2.37. The highest BCUT2D eigenvalue weighted by molar-refractivity contribution is 6.06. The van der Waals surface area contributed by atoms with Gasteiger partial charge in [-0.25, -0.2) is 18.9 Å². The number of alkyl halides is 5. The first-order valence-electron chi connectivity index (χ1n) is 12.7. The number of aromatic nitrogens is 6. The van der Waals surface area contributed by atoms with Crippen LogP contribution >= 0.6 is 0 Å². The topological polar surface area (TPSA) is 141 Å². The summed E-state index contributed by atoms with van der Waals surface area (Å²) in [5.74, 6) is -5.52. The van der Waals surface area contributed by atoms with Gasteiger partial charge in [-0.1, -0.05) is 0 Å². The number of carbonyl (C=O) groups excluding carboxylic acids is 1. The lowest BCUT2D eigenvalue weighted by Gasteiger charge is -2.16. The van der Waals surface area contributed by atoms with Crippen LogP contribution in [0.25, 0.3) is 17.1 Å². The summed E-state index contributed by atoms with van der Waals surface area (Å²) in [7, 11) is 2.15. The van der Waals surface area contributed by atoms with Crippen LogP contribution in [-0.2, 0) is 13.2 Å². The molecular formula is C27H19F7N8O4. The van der Waals surface area contributed by atoms with Crippen molar-refractivity contribution in [2.75, 3.05) is 17.7 Å². The highest BCUT2D eigenvalue weighted by atomic mass is 19.4. The number of amides is 1. The Balaban J connectivity index is 1.72. The van der Waals surface area contributed by atoms with E-state index in [1.807, 2.05) is 0 Å². The maximum atomic E-state index is 15.4. The average molecular weight is 652 g/mol. The molecule has 0 spiro atoms. The van der Waals surface area contributed by atoms with Gasteiger partial charge in [-0.2, -0.15) is 36.7 Å². The fourth-order valence-corrected chi connectivity index (χ4v) is 4.40. The molecule has 46 heavy (non-hydrogen) atoms. The first kappa shape index (κ1) is 31.5. The maximum Gasteiger partial charge on any atom is 0.420 e. The number of nitrogens with zero attached hydrogens (tertiary/aromatic N) is 5. The third-order valence-electron chi connectivity index (χ3n) is 6.38. The summed E-state index contributed by atoms with van der Waals surface area (Å²) in [5, 5.41) is 10.8. The van der Waals surface area contributed by atoms with Crippen molar-refractivity contribution in [3.8, 4) is 28.6 Å². The molecular weight excluding hydrogens is 633 g/mol. The minimum absolute atomic E-state index is 0.0154. The summed E-state index contributed by atoms with van der Waals surface area (Å²) < 4.78 is 109. The number of ether oxygens (including phenoxy) is 2. The van der Waals surface area contributed by atoms with Crippen LogP contribution in [0.2, 0.25) is 0 Å². The SMILES string of the molecule is COc1cc(F)c(-c2c(NC(=O)c3ccc(OC(F)F)cc3)c(=O)n(-c3nc(Nc4ncn[nH]4)ccc3C(F)(F)F)n2C)c(F)c1. The minimum Gasteiger partial charge on any atom is -0.497 e. The molecule has 5 rings (SSSR count). The monoisotopic (exact) mass is 652 g/mol. The summed E-state index contributed by atoms with van der Waals surface area (Å²) >= 11 is 0. The van der Waals surface area contributed by atoms with Crippen molar-refractivity contribution >= 4 is 23.4 Å². The van der Waals surface area contributed by atoms with Crippen LogP contribution in [0.15, 0.2) is 59.7 Å². The average Bonchev–Trinajstić information content (AvgIpc) is 3.58. The molecule has 12 nitrogen and oxygen atoms in total. The number of benzene rings is 2. The van der Waals surface area contributed by atoms with Crippen molar-refractivity contribution in [1.82, 2.24) is 29.5 Å². The molecule has 1 amide bonds. The van der Waals surface area contributed by atoms with E-state index < -0.39 is 64.2 Å². The molecule has 0 unspecified atom stereocenters. The van der Waals surface area contributed by atoms with E-state index in [-0.39, 0.29) is 28.8 Å². The third kappa shape index (κ3) is 6.19. The molecule has 0 saturated heterocycles. The lowest BCUT2D eigenvalue weighted by atomic mass is 10.1. The molecule has 19 heteroatoms. The molecule has 0 aliphatic carbocycles. The quantitative estimate of drug-likeness (QED) is 0.183. The maximum absolute atomic E-state index is 15.4. The minimum atomic E-state index is -5.08. The van der Waals surface area contributed by atoms with Crippen molar-refractivity contribution in [1.29, 1.82) is 0 Å². The molecule has 240 valence electrons. The van der Waals surface area contributed by atoms with Gasteiger partial charge in [-0.15, -0.1) is 0 Å². The fourth-order valence-electron chi connectivity index (χ4n) is 4.40. The number of pyridine rings is 1. The number of rotatable bonds is 9. The number of H-pyrrole nitrogens is 1. The zero-order valence-electron chi connectivity index (χ0n) is 23.3. The van der Waals surface area contributed by atoms with Gasteiger partial charge in [0, 0.05) is 24.7 Å². The van der Waals surface area contributed by atoms with Crippen LogP contribution in [0.1, 0.15) is 15.9 Å². The van der Waals surface area contributed by atoms with E-state index in [0.717, 1.165) is 62.9 Å². The van der Waals surface area contributed by atoms with E-state index in [1.54, 1.807) is 0 Å². The van der Waals surface area contributed by atoms with Gasteiger partial charge in [-0.3, -0.25) is 14.3 Å². The van der Waals surface area contributed by atoms with Gasteiger partial charge in [0.1, 0.15) is 52.2 Å². The Labute approximate surface area is 252 Å². The normalized spacial score (nSPS) is 11.5. The second kappa shape index (κ2) is 12.3. The lowest BCUT2D eigenvalue weighted by Crippen LogP contribution is -2.26. The molecule has 0 saturated carbocycles. The van der Waals surface area contributed by atoms with Crippen LogP contribution in [0.4, 0.5) is 48.2 Å². The number of hydrogen-bond acceptors (Lipinski definition) is 8. The van der Waals surface area contributed by atoms with Gasteiger partial charge in [0.2, 0.25) is 5.95 Å². The zero-order chi connectivity index (χ0) is 33.3. The van der Waals surface area contributed by atoms with Crippen molar-refractivity contribution in [2.24, 2.45) is 7.05 Å². The Hall–Kier alpha value is -5.88. The lowest BCUT2D eigenvalue weighted by molar-refractivity contribution is -0.137. The standard InChI is InChI=1S/C27H19F7N8O4/c1-41-21(19-16(28)9-14(45-2)10-17(19)29)20(39-23(43)12-3-5-13(6-4-12)46-25(30)31)24(44)42(41)22-15(27(32,33)34)7-8-18(37-22)38-26-35-11-36-40-26/h3-11,25H,1-2H3,(H,39,43)(H2,35,36,37,38,40). The Morgan fingerprint density at radius 2 is 1.70 bits per heavy atom. The van der Waals surface area contributed by atoms with Crippen molar-refractivity contribution in [3.05, 3.63) is 88.0 Å².